The molecule has 0 bridgehead atoms. The molecule has 0 atom stereocenters. The minimum absolute atomic E-state index is 0. The van der Waals surface area contributed by atoms with Gasteiger partial charge in [0.25, 0.3) is 0 Å². The molecule has 0 spiro atoms. The molecular weight excluding hydrogens is 419 g/mol. The van der Waals surface area contributed by atoms with E-state index in [9.17, 15) is 0 Å². The van der Waals surface area contributed by atoms with Gasteiger partial charge in [0, 0.05) is 24.5 Å². The lowest BCUT2D eigenvalue weighted by atomic mass is 10.1. The number of benzene rings is 1. The van der Waals surface area contributed by atoms with Gasteiger partial charge in [-0.2, -0.15) is 0 Å². The minimum Gasteiger partial charge on any atom is -0.356 e. The number of thiazole rings is 1. The van der Waals surface area contributed by atoms with E-state index in [2.05, 4.69) is 52.0 Å². The Morgan fingerprint density at radius 1 is 1.22 bits per heavy atom. The van der Waals surface area contributed by atoms with Crippen molar-refractivity contribution in [1.82, 2.24) is 15.6 Å². The number of aromatic nitrogens is 1. The molecule has 1 heterocycles. The van der Waals surface area contributed by atoms with E-state index in [1.807, 2.05) is 18.2 Å². The topological polar surface area (TPSA) is 49.3 Å². The first-order chi connectivity index (χ1) is 10.7. The van der Waals surface area contributed by atoms with E-state index < -0.39 is 0 Å². The van der Waals surface area contributed by atoms with Gasteiger partial charge in [-0.1, -0.05) is 44.2 Å². The summed E-state index contributed by atoms with van der Waals surface area (Å²) in [5.41, 5.74) is 2.19. The molecule has 0 unspecified atom stereocenters. The highest BCUT2D eigenvalue weighted by Crippen LogP contribution is 2.21. The SMILES string of the molecule is CN=C(NCCC(C)C)NCc1nc(-c2ccccc2)cs1.I. The third kappa shape index (κ3) is 6.87. The Morgan fingerprint density at radius 2 is 1.96 bits per heavy atom. The number of nitrogens with zero attached hydrogens (tertiary/aromatic N) is 2. The van der Waals surface area contributed by atoms with Crippen molar-refractivity contribution < 1.29 is 0 Å². The summed E-state index contributed by atoms with van der Waals surface area (Å²) >= 11 is 1.67. The zero-order valence-corrected chi connectivity index (χ0v) is 17.0. The molecule has 0 fully saturated rings. The third-order valence-electron chi connectivity index (χ3n) is 3.27. The Labute approximate surface area is 159 Å². The van der Waals surface area contributed by atoms with E-state index in [-0.39, 0.29) is 24.0 Å². The molecule has 0 aliphatic carbocycles. The van der Waals surface area contributed by atoms with Crippen LogP contribution in [0.1, 0.15) is 25.3 Å². The molecule has 4 nitrogen and oxygen atoms in total. The molecule has 6 heteroatoms. The monoisotopic (exact) mass is 444 g/mol. The van der Waals surface area contributed by atoms with Crippen LogP contribution in [0.3, 0.4) is 0 Å². The maximum absolute atomic E-state index is 4.67. The minimum atomic E-state index is 0. The number of halogens is 1. The fourth-order valence-corrected chi connectivity index (χ4v) is 2.74. The first-order valence-electron chi connectivity index (χ1n) is 7.63. The third-order valence-corrected chi connectivity index (χ3v) is 4.11. The van der Waals surface area contributed by atoms with Crippen LogP contribution in [0.2, 0.25) is 0 Å². The molecular formula is C17H25IN4S. The van der Waals surface area contributed by atoms with Crippen LogP contribution < -0.4 is 10.6 Å². The van der Waals surface area contributed by atoms with Gasteiger partial charge in [0.1, 0.15) is 5.01 Å². The molecule has 1 aromatic carbocycles. The predicted octanol–water partition coefficient (Wildman–Crippen LogP) is 4.14. The van der Waals surface area contributed by atoms with E-state index in [1.54, 1.807) is 18.4 Å². The lowest BCUT2D eigenvalue weighted by molar-refractivity contribution is 0.573. The van der Waals surface area contributed by atoms with Gasteiger partial charge in [-0.3, -0.25) is 4.99 Å². The molecule has 126 valence electrons. The zero-order valence-electron chi connectivity index (χ0n) is 13.9. The van der Waals surface area contributed by atoms with Crippen molar-refractivity contribution in [2.45, 2.75) is 26.8 Å². The van der Waals surface area contributed by atoms with E-state index in [1.165, 1.54) is 0 Å². The van der Waals surface area contributed by atoms with Gasteiger partial charge in [-0.25, -0.2) is 4.98 Å². The Bertz CT molecular complexity index is 596. The maximum Gasteiger partial charge on any atom is 0.191 e. The summed E-state index contributed by atoms with van der Waals surface area (Å²) in [4.78, 5) is 8.90. The van der Waals surface area contributed by atoms with Crippen LogP contribution in [0, 0.1) is 5.92 Å². The van der Waals surface area contributed by atoms with Crippen molar-refractivity contribution in [2.24, 2.45) is 10.9 Å². The molecule has 2 rings (SSSR count). The van der Waals surface area contributed by atoms with Crippen molar-refractivity contribution in [3.8, 4) is 11.3 Å². The van der Waals surface area contributed by atoms with Crippen LogP contribution in [-0.2, 0) is 6.54 Å². The molecule has 0 amide bonds. The van der Waals surface area contributed by atoms with Crippen LogP contribution in [0.5, 0.6) is 0 Å². The number of guanidine groups is 1. The lowest BCUT2D eigenvalue weighted by Gasteiger charge is -2.11. The van der Waals surface area contributed by atoms with E-state index in [0.717, 1.165) is 35.2 Å². The number of aliphatic imine (C=N–C) groups is 1. The summed E-state index contributed by atoms with van der Waals surface area (Å²) in [5.74, 6) is 1.52. The van der Waals surface area contributed by atoms with Gasteiger partial charge in [0.2, 0.25) is 0 Å². The van der Waals surface area contributed by atoms with Gasteiger partial charge < -0.3 is 10.6 Å². The molecule has 0 saturated heterocycles. The highest BCUT2D eigenvalue weighted by Gasteiger charge is 2.05. The van der Waals surface area contributed by atoms with Gasteiger partial charge in [-0.15, -0.1) is 35.3 Å². The van der Waals surface area contributed by atoms with Gasteiger partial charge in [0.15, 0.2) is 5.96 Å². The fourth-order valence-electron chi connectivity index (χ4n) is 1.99. The largest absolute Gasteiger partial charge is 0.356 e. The Kier molecular flexibility index (Phi) is 9.16. The average Bonchev–Trinajstić information content (AvgIpc) is 3.00. The van der Waals surface area contributed by atoms with Crippen LogP contribution in [0.15, 0.2) is 40.7 Å². The number of rotatable bonds is 6. The van der Waals surface area contributed by atoms with E-state index >= 15 is 0 Å². The Hall–Kier alpha value is -1.15. The second-order valence-electron chi connectivity index (χ2n) is 5.53. The molecule has 0 saturated carbocycles. The molecule has 0 aliphatic heterocycles. The van der Waals surface area contributed by atoms with Gasteiger partial charge >= 0.3 is 0 Å². The molecule has 0 radical (unpaired) electrons. The summed E-state index contributed by atoms with van der Waals surface area (Å²) < 4.78 is 0. The van der Waals surface area contributed by atoms with Crippen molar-refractivity contribution in [3.05, 3.63) is 40.7 Å². The van der Waals surface area contributed by atoms with Gasteiger partial charge in [-0.05, 0) is 12.3 Å². The second-order valence-corrected chi connectivity index (χ2v) is 6.47. The van der Waals surface area contributed by atoms with Crippen LogP contribution in [-0.4, -0.2) is 24.5 Å². The highest BCUT2D eigenvalue weighted by atomic mass is 127. The fraction of sp³-hybridized carbons (Fsp3) is 0.412. The van der Waals surface area contributed by atoms with Crippen LogP contribution in [0.25, 0.3) is 11.3 Å². The van der Waals surface area contributed by atoms with Crippen molar-refractivity contribution >= 4 is 41.3 Å². The summed E-state index contributed by atoms with van der Waals surface area (Å²) in [5, 5.41) is 9.80. The van der Waals surface area contributed by atoms with Crippen molar-refractivity contribution in [2.75, 3.05) is 13.6 Å². The molecule has 23 heavy (non-hydrogen) atoms. The summed E-state index contributed by atoms with van der Waals surface area (Å²) in [6.07, 6.45) is 1.14. The smallest absolute Gasteiger partial charge is 0.191 e. The number of hydrogen-bond acceptors (Lipinski definition) is 3. The standard InChI is InChI=1S/C17H24N4S.HI/c1-13(2)9-10-19-17(18-3)20-11-16-21-15(12-22-16)14-7-5-4-6-8-14;/h4-8,12-13H,9-11H2,1-3H3,(H2,18,19,20);1H. The van der Waals surface area contributed by atoms with Crippen LogP contribution in [0.4, 0.5) is 0 Å². The first kappa shape index (κ1) is 19.9. The zero-order chi connectivity index (χ0) is 15.8. The van der Waals surface area contributed by atoms with Crippen molar-refractivity contribution in [1.29, 1.82) is 0 Å². The second kappa shape index (κ2) is 10.6. The lowest BCUT2D eigenvalue weighted by Crippen LogP contribution is -2.37. The van der Waals surface area contributed by atoms with Gasteiger partial charge in [0.05, 0.1) is 12.2 Å². The Morgan fingerprint density at radius 3 is 2.61 bits per heavy atom. The normalized spacial score (nSPS) is 11.2. The highest BCUT2D eigenvalue weighted by molar-refractivity contribution is 14.0. The summed E-state index contributed by atoms with van der Waals surface area (Å²) in [6.45, 7) is 6.07. The quantitative estimate of drug-likeness (QED) is 0.400. The van der Waals surface area contributed by atoms with Crippen LogP contribution >= 0.6 is 35.3 Å². The molecule has 2 N–H and O–H groups in total. The average molecular weight is 444 g/mol. The number of hydrogen-bond donors (Lipinski definition) is 2. The van der Waals surface area contributed by atoms with E-state index in [4.69, 9.17) is 0 Å². The maximum atomic E-state index is 4.67. The van der Waals surface area contributed by atoms with Crippen molar-refractivity contribution in [3.63, 3.8) is 0 Å². The predicted molar refractivity (Wildman–Crippen MR) is 111 cm³/mol. The molecule has 2 aromatic rings. The van der Waals surface area contributed by atoms with E-state index in [0.29, 0.717) is 12.5 Å². The summed E-state index contributed by atoms with van der Waals surface area (Å²) in [7, 11) is 1.79. The number of nitrogens with one attached hydrogen (secondary N) is 2. The summed E-state index contributed by atoms with van der Waals surface area (Å²) in [6, 6.07) is 10.3. The Balaban J connectivity index is 0.00000264. The molecule has 0 aliphatic rings. The first-order valence-corrected chi connectivity index (χ1v) is 8.51. The molecule has 1 aromatic heterocycles.